The molecule has 64 heavy (non-hydrogen) atoms. The summed E-state index contributed by atoms with van der Waals surface area (Å²) in [5.41, 5.74) is 10.2. The molecule has 2 N–H and O–H groups in total. The molecule has 0 spiro atoms. The molecule has 2 amide bonds. The minimum atomic E-state index is -0.344. The zero-order valence-corrected chi connectivity index (χ0v) is 36.1. The number of ether oxygens (including phenoxy) is 2. The van der Waals surface area contributed by atoms with Gasteiger partial charge in [0.1, 0.15) is 23.7 Å². The highest BCUT2D eigenvalue weighted by Gasteiger charge is 2.40. The molecule has 0 aliphatic carbocycles. The van der Waals surface area contributed by atoms with Crippen molar-refractivity contribution in [2.24, 2.45) is 0 Å². The van der Waals surface area contributed by atoms with Gasteiger partial charge in [-0.15, -0.1) is 0 Å². The smallest absolute Gasteiger partial charge is 0.245 e. The molecule has 6 heterocycles. The van der Waals surface area contributed by atoms with Gasteiger partial charge in [-0.1, -0.05) is 97.1 Å². The summed E-state index contributed by atoms with van der Waals surface area (Å²) in [6.07, 6.45) is 3.63. The van der Waals surface area contributed by atoms with Gasteiger partial charge in [-0.25, -0.2) is 9.97 Å². The number of imidazole rings is 2. The Morgan fingerprint density at radius 2 is 0.891 bits per heavy atom. The molecule has 0 saturated carbocycles. The number of H-pyrrole nitrogens is 2. The Kier molecular flexibility index (Phi) is 11.3. The second kappa shape index (κ2) is 17.8. The first kappa shape index (κ1) is 40.6. The maximum absolute atomic E-state index is 14.5. The number of fused-ring (bicyclic) bond motifs is 2. The molecule has 11 rings (SSSR count). The van der Waals surface area contributed by atoms with E-state index in [0.717, 1.165) is 119 Å². The molecule has 0 bridgehead atoms. The maximum Gasteiger partial charge on any atom is 0.245 e. The fourth-order valence-corrected chi connectivity index (χ4v) is 10.5. The summed E-state index contributed by atoms with van der Waals surface area (Å²) in [7, 11) is 0. The maximum atomic E-state index is 14.5. The normalized spacial score (nSPS) is 20.9. The number of carbonyl (C=O) groups is 2. The van der Waals surface area contributed by atoms with Crippen LogP contribution in [0.5, 0.6) is 0 Å². The molecule has 0 unspecified atom stereocenters. The van der Waals surface area contributed by atoms with Crippen LogP contribution in [0.2, 0.25) is 0 Å². The van der Waals surface area contributed by atoms with Crippen LogP contribution < -0.4 is 0 Å². The quantitative estimate of drug-likeness (QED) is 0.141. The molecule has 5 aromatic carbocycles. The standard InChI is InChI=1S/C52H54N8O4/c61-51(47(37-9-3-1-4-10-37)57-25-29-63-30-26-57)59-23-7-13-45(59)49-53-41-21-19-39(33-43(41)55-49)35-15-17-36(18-16-35)40-20-22-42-44(34-40)56-50(54-42)46-14-8-24-60(46)52(62)48(38-11-5-2-6-12-38)58-27-31-64-32-28-58/h1-6,9-12,15-22,33-34,45-48H,7-8,13-14,23-32H2,(H,53,55)(H,54,56)/t45-,46-,47+,48+/m0/s1. The first-order valence-corrected chi connectivity index (χ1v) is 23.0. The number of hydrogen-bond acceptors (Lipinski definition) is 8. The Morgan fingerprint density at radius 3 is 1.30 bits per heavy atom. The SMILES string of the molecule is O=C([C@@H](c1ccccc1)N1CCOCC1)N1CCC[C@H]1c1nc2ccc(-c3ccc(-c4ccc5nc([C@@H]6CCCN6C(=O)[C@@H](c6ccccc6)N6CCOCC6)[nH]c5c4)cc3)cc2[nH]1. The summed E-state index contributed by atoms with van der Waals surface area (Å²) in [6, 6.07) is 40.8. The van der Waals surface area contributed by atoms with Gasteiger partial charge in [0.15, 0.2) is 0 Å². The van der Waals surface area contributed by atoms with E-state index in [1.165, 1.54) is 0 Å². The lowest BCUT2D eigenvalue weighted by Gasteiger charge is -2.37. The molecule has 4 aliphatic heterocycles. The van der Waals surface area contributed by atoms with Crippen molar-refractivity contribution >= 4 is 33.9 Å². The van der Waals surface area contributed by atoms with E-state index in [1.807, 2.05) is 46.2 Å². The van der Waals surface area contributed by atoms with Crippen molar-refractivity contribution in [3.8, 4) is 22.3 Å². The minimum Gasteiger partial charge on any atom is -0.379 e. The summed E-state index contributed by atoms with van der Waals surface area (Å²) in [5, 5.41) is 0. The Hall–Kier alpha value is -6.18. The minimum absolute atomic E-state index is 0.106. The molecular weight excluding hydrogens is 801 g/mol. The van der Waals surface area contributed by atoms with E-state index in [1.54, 1.807) is 0 Å². The molecule has 12 nitrogen and oxygen atoms in total. The molecule has 4 atom stereocenters. The van der Waals surface area contributed by atoms with Crippen LogP contribution in [0, 0.1) is 0 Å². The number of amides is 2. The molecule has 7 aromatic rings. The van der Waals surface area contributed by atoms with Crippen molar-refractivity contribution in [2.75, 3.05) is 65.7 Å². The zero-order valence-electron chi connectivity index (χ0n) is 36.1. The Morgan fingerprint density at radius 1 is 0.500 bits per heavy atom. The Labute approximate surface area is 373 Å². The van der Waals surface area contributed by atoms with Gasteiger partial charge in [-0.2, -0.15) is 0 Å². The number of morpholine rings is 2. The van der Waals surface area contributed by atoms with Crippen molar-refractivity contribution in [2.45, 2.75) is 49.9 Å². The lowest BCUT2D eigenvalue weighted by Crippen LogP contribution is -2.47. The van der Waals surface area contributed by atoms with E-state index in [0.29, 0.717) is 39.5 Å². The van der Waals surface area contributed by atoms with Crippen LogP contribution in [-0.2, 0) is 19.1 Å². The number of nitrogens with zero attached hydrogens (tertiary/aromatic N) is 6. The lowest BCUT2D eigenvalue weighted by atomic mass is 10.00. The van der Waals surface area contributed by atoms with Crippen LogP contribution in [0.3, 0.4) is 0 Å². The summed E-state index contributed by atoms with van der Waals surface area (Å²) in [5.74, 6) is 1.95. The van der Waals surface area contributed by atoms with Gasteiger partial charge in [0.05, 0.1) is 60.6 Å². The Bertz CT molecular complexity index is 2550. The van der Waals surface area contributed by atoms with E-state index < -0.39 is 0 Å². The first-order valence-electron chi connectivity index (χ1n) is 23.0. The highest BCUT2D eigenvalue weighted by Crippen LogP contribution is 2.39. The average molecular weight is 855 g/mol. The largest absolute Gasteiger partial charge is 0.379 e. The number of nitrogens with one attached hydrogen (secondary N) is 2. The third kappa shape index (κ3) is 7.89. The van der Waals surface area contributed by atoms with Crippen LogP contribution in [0.15, 0.2) is 121 Å². The van der Waals surface area contributed by atoms with Crippen LogP contribution in [0.4, 0.5) is 0 Å². The zero-order chi connectivity index (χ0) is 43.0. The van der Waals surface area contributed by atoms with Gasteiger partial charge in [0, 0.05) is 39.3 Å². The van der Waals surface area contributed by atoms with E-state index >= 15 is 0 Å². The molecule has 4 fully saturated rings. The van der Waals surface area contributed by atoms with E-state index in [-0.39, 0.29) is 36.0 Å². The van der Waals surface area contributed by atoms with Crippen molar-refractivity contribution in [3.63, 3.8) is 0 Å². The van der Waals surface area contributed by atoms with Crippen molar-refractivity contribution in [3.05, 3.63) is 144 Å². The van der Waals surface area contributed by atoms with Gasteiger partial charge in [-0.05, 0) is 83.3 Å². The van der Waals surface area contributed by atoms with Crippen LogP contribution in [-0.4, -0.2) is 117 Å². The predicted molar refractivity (Wildman–Crippen MR) is 247 cm³/mol. The summed E-state index contributed by atoms with van der Waals surface area (Å²) < 4.78 is 11.3. The molecular formula is C52H54N8O4. The monoisotopic (exact) mass is 854 g/mol. The van der Waals surface area contributed by atoms with Crippen molar-refractivity contribution in [1.82, 2.24) is 39.5 Å². The number of aromatic amines is 2. The molecule has 12 heteroatoms. The molecule has 4 aliphatic rings. The lowest BCUT2D eigenvalue weighted by molar-refractivity contribution is -0.141. The summed E-state index contributed by atoms with van der Waals surface area (Å²) >= 11 is 0. The number of carbonyl (C=O) groups excluding carboxylic acids is 2. The van der Waals surface area contributed by atoms with Gasteiger partial charge in [0.2, 0.25) is 11.8 Å². The average Bonchev–Trinajstić information content (AvgIpc) is 4.19. The summed E-state index contributed by atoms with van der Waals surface area (Å²) in [6.45, 7) is 6.89. The number of aromatic nitrogens is 4. The number of rotatable bonds is 10. The van der Waals surface area contributed by atoms with Crippen LogP contribution >= 0.6 is 0 Å². The van der Waals surface area contributed by atoms with E-state index in [2.05, 4.69) is 105 Å². The second-order valence-corrected chi connectivity index (χ2v) is 17.6. The molecule has 326 valence electrons. The topological polar surface area (TPSA) is 123 Å². The van der Waals surface area contributed by atoms with Crippen molar-refractivity contribution in [1.29, 1.82) is 0 Å². The third-order valence-corrected chi connectivity index (χ3v) is 13.8. The van der Waals surface area contributed by atoms with Gasteiger partial charge in [0.25, 0.3) is 0 Å². The Balaban J connectivity index is 0.800. The first-order chi connectivity index (χ1) is 31.6. The van der Waals surface area contributed by atoms with Crippen molar-refractivity contribution < 1.29 is 19.1 Å². The molecule has 4 saturated heterocycles. The predicted octanol–water partition coefficient (Wildman–Crippen LogP) is 8.25. The number of likely N-dealkylation sites (tertiary alicyclic amines) is 2. The fraction of sp³-hybridized carbons (Fsp3) is 0.346. The van der Waals surface area contributed by atoms with Crippen LogP contribution in [0.25, 0.3) is 44.3 Å². The summed E-state index contributed by atoms with van der Waals surface area (Å²) in [4.78, 5) is 54.9. The van der Waals surface area contributed by atoms with E-state index in [9.17, 15) is 9.59 Å². The molecule has 0 radical (unpaired) electrons. The number of hydrogen-bond donors (Lipinski definition) is 2. The van der Waals surface area contributed by atoms with Gasteiger partial charge in [-0.3, -0.25) is 19.4 Å². The van der Waals surface area contributed by atoms with Crippen LogP contribution in [0.1, 0.15) is 72.6 Å². The molecule has 2 aromatic heterocycles. The highest BCUT2D eigenvalue weighted by atomic mass is 16.5. The third-order valence-electron chi connectivity index (χ3n) is 13.8. The highest BCUT2D eigenvalue weighted by molar-refractivity contribution is 5.87. The second-order valence-electron chi connectivity index (χ2n) is 17.6. The van der Waals surface area contributed by atoms with E-state index in [4.69, 9.17) is 19.4 Å². The van der Waals surface area contributed by atoms with Gasteiger partial charge < -0.3 is 29.2 Å². The van der Waals surface area contributed by atoms with Gasteiger partial charge >= 0.3 is 0 Å². The number of benzene rings is 5. The fourth-order valence-electron chi connectivity index (χ4n) is 10.5.